The summed E-state index contributed by atoms with van der Waals surface area (Å²) in [7, 11) is 0. The van der Waals surface area contributed by atoms with Gasteiger partial charge in [0.2, 0.25) is 5.91 Å². The van der Waals surface area contributed by atoms with Crippen LogP contribution in [0.3, 0.4) is 0 Å². The fourth-order valence-electron chi connectivity index (χ4n) is 8.22. The second-order valence-electron chi connectivity index (χ2n) is 16.8. The predicted octanol–water partition coefficient (Wildman–Crippen LogP) is 9.46. The number of Topliss-reactive ketones (excluding diaryl/α,β-unsaturated/α-hetero) is 2. The number of pyridine rings is 1. The van der Waals surface area contributed by atoms with Crippen LogP contribution in [0.5, 0.6) is 0 Å². The SMILES string of the molecule is C[C@@H]1C[C@@H](C(=O)N(CCC(=O)CCc2ccccc2)[C@H](CCC(=O)OC(C)(C)C)C(=O)CCc2ccc(Cl)c(Cl)n2)N(C(=O)OCC2c3ccccc3-c3ccccc32)C1. The lowest BCUT2D eigenvalue weighted by atomic mass is 9.97. The third-order valence-corrected chi connectivity index (χ3v) is 11.8. The summed E-state index contributed by atoms with van der Waals surface area (Å²) in [5.74, 6) is -1.62. The van der Waals surface area contributed by atoms with Gasteiger partial charge >= 0.3 is 12.1 Å². The molecular weight excluding hydrogens is 801 g/mol. The molecule has 2 amide bonds. The molecule has 6 rings (SSSR count). The number of esters is 1. The number of amides is 2. The number of ether oxygens (including phenoxy) is 2. The Balaban J connectivity index is 1.25. The molecule has 10 nitrogen and oxygen atoms in total. The van der Waals surface area contributed by atoms with E-state index < -0.39 is 35.7 Å². The van der Waals surface area contributed by atoms with Crippen molar-refractivity contribution in [3.05, 3.63) is 124 Å². The maximum Gasteiger partial charge on any atom is 0.410 e. The minimum Gasteiger partial charge on any atom is -0.460 e. The van der Waals surface area contributed by atoms with Crippen molar-refractivity contribution in [2.24, 2.45) is 5.92 Å². The number of aryl methyl sites for hydroxylation is 2. The Morgan fingerprint density at radius 2 is 1.47 bits per heavy atom. The van der Waals surface area contributed by atoms with Gasteiger partial charge in [-0.2, -0.15) is 0 Å². The van der Waals surface area contributed by atoms with Gasteiger partial charge in [0.15, 0.2) is 5.78 Å². The van der Waals surface area contributed by atoms with Crippen molar-refractivity contribution >= 4 is 52.7 Å². The second kappa shape index (κ2) is 20.0. The molecule has 0 N–H and O–H groups in total. The molecule has 2 heterocycles. The molecule has 316 valence electrons. The smallest absolute Gasteiger partial charge is 0.410 e. The zero-order chi connectivity index (χ0) is 43.0. The fourth-order valence-corrected chi connectivity index (χ4v) is 8.49. The third-order valence-electron chi connectivity index (χ3n) is 11.1. The summed E-state index contributed by atoms with van der Waals surface area (Å²) in [6, 6.07) is 27.0. The van der Waals surface area contributed by atoms with Crippen molar-refractivity contribution < 1.29 is 33.4 Å². The highest BCUT2D eigenvalue weighted by atomic mass is 35.5. The van der Waals surface area contributed by atoms with Gasteiger partial charge in [0.25, 0.3) is 0 Å². The summed E-state index contributed by atoms with van der Waals surface area (Å²) in [5.41, 5.74) is 5.12. The van der Waals surface area contributed by atoms with E-state index in [1.165, 1.54) is 9.80 Å². The van der Waals surface area contributed by atoms with Crippen molar-refractivity contribution in [3.63, 3.8) is 0 Å². The van der Waals surface area contributed by atoms with Crippen LogP contribution in [0.15, 0.2) is 91.0 Å². The molecule has 2 aliphatic rings. The normalized spacial score (nSPS) is 16.5. The summed E-state index contributed by atoms with van der Waals surface area (Å²) in [6.07, 6.45) is 0.439. The summed E-state index contributed by atoms with van der Waals surface area (Å²) in [6.45, 7) is 7.51. The first-order chi connectivity index (χ1) is 28.7. The Labute approximate surface area is 362 Å². The molecule has 3 aromatic carbocycles. The molecule has 1 fully saturated rings. The lowest BCUT2D eigenvalue weighted by Gasteiger charge is -2.35. The van der Waals surface area contributed by atoms with Crippen LogP contribution in [0.2, 0.25) is 10.2 Å². The molecule has 0 unspecified atom stereocenters. The highest BCUT2D eigenvalue weighted by Gasteiger charge is 2.44. The summed E-state index contributed by atoms with van der Waals surface area (Å²) < 4.78 is 11.6. The molecule has 0 saturated carbocycles. The first-order valence-corrected chi connectivity index (χ1v) is 21.5. The van der Waals surface area contributed by atoms with E-state index in [1.807, 2.05) is 73.7 Å². The first-order valence-electron chi connectivity index (χ1n) is 20.7. The van der Waals surface area contributed by atoms with Gasteiger partial charge in [0.1, 0.15) is 29.2 Å². The van der Waals surface area contributed by atoms with Crippen LogP contribution in [0.25, 0.3) is 11.1 Å². The van der Waals surface area contributed by atoms with Crippen molar-refractivity contribution in [3.8, 4) is 11.1 Å². The third kappa shape index (κ3) is 11.4. The minimum absolute atomic E-state index is 0.0175. The Kier molecular flexibility index (Phi) is 14.8. The monoisotopic (exact) mass is 853 g/mol. The van der Waals surface area contributed by atoms with Crippen molar-refractivity contribution in [1.82, 2.24) is 14.8 Å². The molecule has 4 aromatic rings. The molecule has 1 saturated heterocycles. The number of carbonyl (C=O) groups is 5. The van der Waals surface area contributed by atoms with Gasteiger partial charge in [-0.25, -0.2) is 9.78 Å². The molecule has 60 heavy (non-hydrogen) atoms. The molecule has 0 bridgehead atoms. The Hall–Kier alpha value is -5.06. The largest absolute Gasteiger partial charge is 0.460 e. The number of nitrogens with zero attached hydrogens (tertiary/aromatic N) is 3. The maximum absolute atomic E-state index is 15.0. The van der Waals surface area contributed by atoms with E-state index in [0.717, 1.165) is 27.8 Å². The summed E-state index contributed by atoms with van der Waals surface area (Å²) in [4.78, 5) is 77.2. The van der Waals surface area contributed by atoms with Crippen LogP contribution in [-0.2, 0) is 41.5 Å². The van der Waals surface area contributed by atoms with Crippen LogP contribution < -0.4 is 0 Å². The molecular formula is C48H53Cl2N3O7. The average molecular weight is 855 g/mol. The molecule has 0 radical (unpaired) electrons. The van der Waals surface area contributed by atoms with E-state index >= 15 is 4.79 Å². The van der Waals surface area contributed by atoms with Gasteiger partial charge in [0.05, 0.1) is 11.1 Å². The number of benzene rings is 3. The van der Waals surface area contributed by atoms with Crippen LogP contribution in [0.1, 0.15) is 94.5 Å². The second-order valence-corrected chi connectivity index (χ2v) is 17.6. The number of aromatic nitrogens is 1. The van der Waals surface area contributed by atoms with Crippen LogP contribution in [0.4, 0.5) is 4.79 Å². The molecule has 1 aliphatic heterocycles. The quantitative estimate of drug-likeness (QED) is 0.0761. The van der Waals surface area contributed by atoms with Crippen molar-refractivity contribution in [2.75, 3.05) is 19.7 Å². The maximum atomic E-state index is 15.0. The van der Waals surface area contributed by atoms with E-state index in [4.69, 9.17) is 32.7 Å². The van der Waals surface area contributed by atoms with Gasteiger partial charge < -0.3 is 14.4 Å². The van der Waals surface area contributed by atoms with Gasteiger partial charge in [0, 0.05) is 50.4 Å². The van der Waals surface area contributed by atoms with E-state index in [2.05, 4.69) is 17.1 Å². The van der Waals surface area contributed by atoms with Gasteiger partial charge in [-0.1, -0.05) is 109 Å². The van der Waals surface area contributed by atoms with Crippen LogP contribution in [-0.4, -0.2) is 81.7 Å². The van der Waals surface area contributed by atoms with Crippen molar-refractivity contribution in [1.29, 1.82) is 0 Å². The average Bonchev–Trinajstić information content (AvgIpc) is 3.77. The molecule has 1 aliphatic carbocycles. The zero-order valence-corrected chi connectivity index (χ0v) is 36.2. The number of halogens is 2. The molecule has 12 heteroatoms. The molecule has 1 aromatic heterocycles. The van der Waals surface area contributed by atoms with E-state index in [9.17, 15) is 19.2 Å². The van der Waals surface area contributed by atoms with Crippen molar-refractivity contribution in [2.45, 2.75) is 103 Å². The number of hydrogen-bond donors (Lipinski definition) is 0. The van der Waals surface area contributed by atoms with E-state index in [0.29, 0.717) is 18.5 Å². The molecule has 3 atom stereocenters. The van der Waals surface area contributed by atoms with Gasteiger partial charge in [-0.3, -0.25) is 24.1 Å². The first kappa shape index (κ1) is 44.5. The number of rotatable bonds is 17. The molecule has 0 spiro atoms. The summed E-state index contributed by atoms with van der Waals surface area (Å²) in [5, 5.41) is 0.389. The minimum atomic E-state index is -1.10. The topological polar surface area (TPSA) is 123 Å². The number of carbonyl (C=O) groups excluding carboxylic acids is 5. The highest BCUT2D eigenvalue weighted by molar-refractivity contribution is 6.41. The number of fused-ring (bicyclic) bond motifs is 3. The van der Waals surface area contributed by atoms with E-state index in [1.54, 1.807) is 32.9 Å². The van der Waals surface area contributed by atoms with Gasteiger partial charge in [-0.15, -0.1) is 0 Å². The lowest BCUT2D eigenvalue weighted by Crippen LogP contribution is -2.54. The van der Waals surface area contributed by atoms with Crippen LogP contribution in [0, 0.1) is 5.92 Å². The predicted molar refractivity (Wildman–Crippen MR) is 232 cm³/mol. The lowest BCUT2D eigenvalue weighted by molar-refractivity contribution is -0.156. The Morgan fingerprint density at radius 3 is 2.12 bits per heavy atom. The highest BCUT2D eigenvalue weighted by Crippen LogP contribution is 2.44. The number of likely N-dealkylation sites (tertiary alicyclic amines) is 1. The van der Waals surface area contributed by atoms with Crippen LogP contribution >= 0.6 is 23.2 Å². The summed E-state index contributed by atoms with van der Waals surface area (Å²) >= 11 is 12.3. The zero-order valence-electron chi connectivity index (χ0n) is 34.7. The van der Waals surface area contributed by atoms with E-state index in [-0.39, 0.29) is 91.8 Å². The fraction of sp³-hybridized carbons (Fsp3) is 0.417. The van der Waals surface area contributed by atoms with Gasteiger partial charge in [-0.05, 0) is 92.3 Å². The number of ketones is 2. The Bertz CT molecular complexity index is 2140. The Morgan fingerprint density at radius 1 is 0.817 bits per heavy atom. The number of hydrogen-bond acceptors (Lipinski definition) is 8. The standard InChI is InChI=1S/C48H53Cl2N3O7/c1-31-28-42(53(29-31)47(58)59-30-39-37-16-10-8-14-35(37)36-15-9-11-17-38(36)39)46(57)52(27-26-34(54)21-18-32-12-6-5-7-13-32)41(23-25-44(56)60-48(2,3)4)43(55)24-20-33-19-22-40(49)45(50)51-33/h5-17,19,22,31,39,41-42H,18,20-21,23-30H2,1-4H3/t31-,41-,42+/m1/s1.